The number of H-pyrrole nitrogens is 1. The number of para-hydroxylation sites is 2. The van der Waals surface area contributed by atoms with Crippen LogP contribution in [0, 0.1) is 0 Å². The molecule has 2 aromatic carbocycles. The molecular formula is C22H18N6O3. The van der Waals surface area contributed by atoms with Crippen molar-refractivity contribution in [1.29, 1.82) is 0 Å². The van der Waals surface area contributed by atoms with Gasteiger partial charge in [-0.15, -0.1) is 10.2 Å². The fraction of sp³-hybridized carbons (Fsp3) is 0.136. The molecule has 0 saturated heterocycles. The summed E-state index contributed by atoms with van der Waals surface area (Å²) < 4.78 is 5.73. The molecule has 0 radical (unpaired) electrons. The standard InChI is InChI=1S/C22H18N6O3/c1-28-16-9-5-6-10-17(16)31-12-15(22(28)30)24-21(29)20-23-11-14-18(26-27-19(14)25-20)13-7-3-2-4-8-13/h2-11,15H,12H2,1H3,(H,24,29)(H,23,25,26,27)/t15-/m0/s1. The van der Waals surface area contributed by atoms with Gasteiger partial charge in [-0.05, 0) is 12.1 Å². The number of fused-ring (bicyclic) bond motifs is 2. The average Bonchev–Trinajstić information content (AvgIpc) is 3.20. The van der Waals surface area contributed by atoms with Crippen LogP contribution in [0.4, 0.5) is 5.69 Å². The van der Waals surface area contributed by atoms with E-state index in [9.17, 15) is 9.59 Å². The predicted molar refractivity (Wildman–Crippen MR) is 113 cm³/mol. The third kappa shape index (κ3) is 3.35. The van der Waals surface area contributed by atoms with Crippen LogP contribution in [0.2, 0.25) is 0 Å². The molecule has 2 aromatic rings. The van der Waals surface area contributed by atoms with E-state index in [2.05, 4.69) is 25.5 Å². The highest BCUT2D eigenvalue weighted by molar-refractivity contribution is 6.02. The summed E-state index contributed by atoms with van der Waals surface area (Å²) in [5.74, 6) is 0.240. The molecule has 2 N–H and O–H groups in total. The van der Waals surface area contributed by atoms with Crippen molar-refractivity contribution in [1.82, 2.24) is 25.5 Å². The van der Waals surface area contributed by atoms with Gasteiger partial charge in [-0.2, -0.15) is 0 Å². The van der Waals surface area contributed by atoms with Gasteiger partial charge >= 0.3 is 0 Å². The Kier molecular flexibility index (Phi) is 4.55. The van der Waals surface area contributed by atoms with Gasteiger partial charge in [0.15, 0.2) is 11.6 Å². The minimum atomic E-state index is -0.860. The van der Waals surface area contributed by atoms with E-state index in [-0.39, 0.29) is 18.3 Å². The molecular weight excluding hydrogens is 396 g/mol. The maximum atomic E-state index is 12.8. The number of carbonyl (C=O) groups excluding carboxylic acids is 2. The van der Waals surface area contributed by atoms with Gasteiger partial charge in [-0.1, -0.05) is 42.5 Å². The Labute approximate surface area is 177 Å². The second-order valence-corrected chi connectivity index (χ2v) is 7.11. The summed E-state index contributed by atoms with van der Waals surface area (Å²) in [7, 11) is 1.65. The molecule has 2 amide bonds. The summed E-state index contributed by atoms with van der Waals surface area (Å²) in [6.45, 7) is 0.0164. The quantitative estimate of drug-likeness (QED) is 0.531. The summed E-state index contributed by atoms with van der Waals surface area (Å²) in [5.41, 5.74) is 2.93. The molecule has 3 aliphatic heterocycles. The summed E-state index contributed by atoms with van der Waals surface area (Å²) >= 11 is 0. The van der Waals surface area contributed by atoms with Crippen LogP contribution in [-0.2, 0) is 4.79 Å². The molecule has 0 fully saturated rings. The van der Waals surface area contributed by atoms with Gasteiger partial charge in [-0.3, -0.25) is 9.59 Å². The minimum absolute atomic E-state index is 0.0164. The smallest absolute Gasteiger partial charge is 0.287 e. The van der Waals surface area contributed by atoms with Crippen LogP contribution in [0.3, 0.4) is 0 Å². The first-order chi connectivity index (χ1) is 15.1. The molecule has 0 saturated carbocycles. The number of anilines is 1. The summed E-state index contributed by atoms with van der Waals surface area (Å²) in [6, 6.07) is 16.0. The van der Waals surface area contributed by atoms with Crippen LogP contribution in [0.15, 0.2) is 60.8 Å². The second kappa shape index (κ2) is 7.52. The lowest BCUT2D eigenvalue weighted by molar-refractivity contribution is -0.120. The van der Waals surface area contributed by atoms with Gasteiger partial charge in [0, 0.05) is 18.8 Å². The molecule has 0 aromatic heterocycles. The fourth-order valence-corrected chi connectivity index (χ4v) is 3.52. The Hall–Kier alpha value is -4.27. The summed E-state index contributed by atoms with van der Waals surface area (Å²) in [5, 5.41) is 11.0. The van der Waals surface area contributed by atoms with Crippen LogP contribution in [0.1, 0.15) is 10.6 Å². The largest absolute Gasteiger partial charge is 0.489 e. The summed E-state index contributed by atoms with van der Waals surface area (Å²) in [4.78, 5) is 34.2. The predicted octanol–water partition coefficient (Wildman–Crippen LogP) is 2.13. The Bertz CT molecular complexity index is 1240. The van der Waals surface area contributed by atoms with E-state index in [1.165, 1.54) is 4.90 Å². The lowest BCUT2D eigenvalue weighted by Crippen LogP contribution is -2.49. The van der Waals surface area contributed by atoms with Crippen molar-refractivity contribution < 1.29 is 14.3 Å². The summed E-state index contributed by atoms with van der Waals surface area (Å²) in [6.07, 6.45) is 1.55. The zero-order chi connectivity index (χ0) is 21.4. The number of ether oxygens (including phenoxy) is 1. The van der Waals surface area contributed by atoms with Crippen molar-refractivity contribution in [2.24, 2.45) is 0 Å². The normalized spacial score (nSPS) is 15.8. The van der Waals surface area contributed by atoms with Crippen LogP contribution in [-0.4, -0.2) is 51.7 Å². The zero-order valence-electron chi connectivity index (χ0n) is 16.6. The van der Waals surface area contributed by atoms with Gasteiger partial charge in [0.05, 0.1) is 11.3 Å². The molecule has 0 bridgehead atoms. The number of carbonyl (C=O) groups is 2. The van der Waals surface area contributed by atoms with Crippen molar-refractivity contribution in [3.8, 4) is 28.4 Å². The number of likely N-dealkylation sites (N-methyl/N-ethyl adjacent to an activating group) is 1. The average molecular weight is 414 g/mol. The third-order valence-corrected chi connectivity index (χ3v) is 5.15. The first kappa shape index (κ1) is 18.7. The van der Waals surface area contributed by atoms with Gasteiger partial charge in [0.25, 0.3) is 11.8 Å². The SMILES string of the molecule is CN1C(=O)[C@@H](NC(=O)c2ncc3c(-c4ccccc4)nnc-3[nH]2)COc2ccccc21. The highest BCUT2D eigenvalue weighted by Gasteiger charge is 2.31. The Morgan fingerprint density at radius 3 is 2.74 bits per heavy atom. The number of amides is 2. The fourth-order valence-electron chi connectivity index (χ4n) is 3.52. The van der Waals surface area contributed by atoms with Gasteiger partial charge in [-0.25, -0.2) is 4.98 Å². The van der Waals surface area contributed by atoms with Gasteiger partial charge in [0.2, 0.25) is 0 Å². The molecule has 0 spiro atoms. The van der Waals surface area contributed by atoms with Crippen LogP contribution < -0.4 is 15.0 Å². The van der Waals surface area contributed by atoms with Crippen molar-refractivity contribution >= 4 is 17.5 Å². The molecule has 3 heterocycles. The number of aromatic nitrogens is 4. The highest BCUT2D eigenvalue weighted by Crippen LogP contribution is 2.30. The van der Waals surface area contributed by atoms with Crippen molar-refractivity contribution in [2.75, 3.05) is 18.6 Å². The molecule has 9 heteroatoms. The van der Waals surface area contributed by atoms with Crippen LogP contribution in [0.25, 0.3) is 22.6 Å². The van der Waals surface area contributed by atoms with E-state index in [4.69, 9.17) is 4.74 Å². The molecule has 1 atom stereocenters. The number of hydrogen-bond acceptors (Lipinski definition) is 6. The van der Waals surface area contributed by atoms with Crippen molar-refractivity contribution in [2.45, 2.75) is 6.04 Å². The highest BCUT2D eigenvalue weighted by atomic mass is 16.5. The van der Waals surface area contributed by atoms with E-state index in [1.807, 2.05) is 42.5 Å². The zero-order valence-corrected chi connectivity index (χ0v) is 16.6. The van der Waals surface area contributed by atoms with Crippen molar-refractivity contribution in [3.05, 3.63) is 66.6 Å². The maximum Gasteiger partial charge on any atom is 0.287 e. The first-order valence-corrected chi connectivity index (χ1v) is 9.69. The molecule has 31 heavy (non-hydrogen) atoms. The van der Waals surface area contributed by atoms with Crippen LogP contribution >= 0.6 is 0 Å². The number of benzene rings is 2. The number of hydrogen-bond donors (Lipinski definition) is 2. The third-order valence-electron chi connectivity index (χ3n) is 5.15. The molecule has 0 unspecified atom stereocenters. The number of aromatic amines is 1. The van der Waals surface area contributed by atoms with Crippen molar-refractivity contribution in [3.63, 3.8) is 0 Å². The molecule has 9 nitrogen and oxygen atoms in total. The van der Waals surface area contributed by atoms with Crippen LogP contribution in [0.5, 0.6) is 5.75 Å². The lowest BCUT2D eigenvalue weighted by atomic mass is 10.1. The van der Waals surface area contributed by atoms with E-state index in [0.717, 1.165) is 5.56 Å². The van der Waals surface area contributed by atoms with Gasteiger partial charge < -0.3 is 19.9 Å². The van der Waals surface area contributed by atoms with E-state index >= 15 is 0 Å². The minimum Gasteiger partial charge on any atom is -0.489 e. The van der Waals surface area contributed by atoms with E-state index in [1.54, 1.807) is 25.4 Å². The second-order valence-electron chi connectivity index (χ2n) is 7.11. The monoisotopic (exact) mass is 414 g/mol. The lowest BCUT2D eigenvalue weighted by Gasteiger charge is -2.20. The molecule has 3 aliphatic rings. The molecule has 5 rings (SSSR count). The van der Waals surface area contributed by atoms with E-state index < -0.39 is 11.9 Å². The number of nitrogens with zero attached hydrogens (tertiary/aromatic N) is 4. The van der Waals surface area contributed by atoms with E-state index in [0.29, 0.717) is 28.5 Å². The molecule has 154 valence electrons. The number of rotatable bonds is 3. The Balaban J connectivity index is 1.37. The Morgan fingerprint density at radius 2 is 1.90 bits per heavy atom. The topological polar surface area (TPSA) is 113 Å². The molecule has 0 aliphatic carbocycles. The van der Waals surface area contributed by atoms with Gasteiger partial charge in [0.1, 0.15) is 24.1 Å². The maximum absolute atomic E-state index is 12.8. The number of nitrogens with one attached hydrogen (secondary N) is 2. The Morgan fingerprint density at radius 1 is 1.13 bits per heavy atom. The first-order valence-electron chi connectivity index (χ1n) is 9.69.